The Labute approximate surface area is 86.1 Å². The predicted molar refractivity (Wildman–Crippen MR) is 53.4 cm³/mol. The van der Waals surface area contributed by atoms with E-state index in [4.69, 9.17) is 10.8 Å². The third kappa shape index (κ3) is 2.13. The van der Waals surface area contributed by atoms with Crippen LogP contribution in [-0.2, 0) is 4.79 Å². The van der Waals surface area contributed by atoms with Crippen LogP contribution >= 0.6 is 0 Å². The topological polar surface area (TPSA) is 101 Å². The van der Waals surface area contributed by atoms with Gasteiger partial charge in [0.15, 0.2) is 0 Å². The van der Waals surface area contributed by atoms with Gasteiger partial charge in [0, 0.05) is 11.3 Å². The van der Waals surface area contributed by atoms with E-state index in [0.29, 0.717) is 5.69 Å². The van der Waals surface area contributed by atoms with Gasteiger partial charge < -0.3 is 15.9 Å². The number of anilines is 1. The predicted octanol–water partition coefficient (Wildman–Crippen LogP) is 0.287. The lowest BCUT2D eigenvalue weighted by atomic mass is 9.95. The summed E-state index contributed by atoms with van der Waals surface area (Å²) in [4.78, 5) is 22.2. The second kappa shape index (κ2) is 3.70. The molecule has 80 valence electrons. The van der Waals surface area contributed by atoms with Crippen LogP contribution in [0, 0.1) is 0 Å². The average molecular weight is 209 g/mol. The molecule has 5 heteroatoms. The molecule has 0 aliphatic heterocycles. The molecule has 0 radical (unpaired) electrons. The first kappa shape index (κ1) is 11.2. The molecular weight excluding hydrogens is 198 g/mol. The Bertz CT molecular complexity index is 394. The second-order valence-electron chi connectivity index (χ2n) is 3.33. The lowest BCUT2D eigenvalue weighted by Crippen LogP contribution is -2.43. The summed E-state index contributed by atoms with van der Waals surface area (Å²) in [5.41, 5.74) is 3.57. The highest BCUT2D eigenvalue weighted by atomic mass is 16.4. The van der Waals surface area contributed by atoms with E-state index >= 15 is 0 Å². The second-order valence-corrected chi connectivity index (χ2v) is 3.33. The number of Topliss-reactive ketones (excluding diaryl/α,β-unsaturated/α-hetero) is 1. The maximum absolute atomic E-state index is 11.5. The minimum Gasteiger partial charge on any atom is -0.479 e. The van der Waals surface area contributed by atoms with Crippen LogP contribution in [0.2, 0.25) is 0 Å². The van der Waals surface area contributed by atoms with Gasteiger partial charge >= 0.3 is 5.97 Å². The van der Waals surface area contributed by atoms with Gasteiger partial charge in [-0.1, -0.05) is 0 Å². The zero-order valence-corrected chi connectivity index (χ0v) is 8.10. The highest BCUT2D eigenvalue weighted by Crippen LogP contribution is 2.15. The smallest absolute Gasteiger partial charge is 0.343 e. The Morgan fingerprint density at radius 1 is 1.27 bits per heavy atom. The summed E-state index contributed by atoms with van der Waals surface area (Å²) in [7, 11) is 0. The maximum Gasteiger partial charge on any atom is 0.343 e. The number of carboxylic acids is 1. The van der Waals surface area contributed by atoms with Gasteiger partial charge in [-0.25, -0.2) is 4.79 Å². The Hall–Kier alpha value is -1.88. The first-order valence-corrected chi connectivity index (χ1v) is 4.22. The SMILES string of the molecule is CC(O)(C(=O)O)C(=O)c1ccc(N)cc1. The number of aliphatic hydroxyl groups is 1. The quantitative estimate of drug-likeness (QED) is 0.377. The van der Waals surface area contributed by atoms with Gasteiger partial charge in [-0.15, -0.1) is 0 Å². The molecule has 1 unspecified atom stereocenters. The number of carboxylic acid groups (broad SMARTS) is 1. The lowest BCUT2D eigenvalue weighted by Gasteiger charge is -2.16. The number of carbonyl (C=O) groups is 2. The zero-order valence-electron chi connectivity index (χ0n) is 8.10. The highest BCUT2D eigenvalue weighted by molar-refractivity contribution is 6.14. The normalized spacial score (nSPS) is 14.3. The Kier molecular flexibility index (Phi) is 2.76. The standard InChI is InChI=1S/C10H11NO4/c1-10(15,9(13)14)8(12)6-2-4-7(11)5-3-6/h2-5,15H,11H2,1H3,(H,13,14). The fourth-order valence-corrected chi connectivity index (χ4v) is 1.01. The largest absolute Gasteiger partial charge is 0.479 e. The van der Waals surface area contributed by atoms with Crippen molar-refractivity contribution < 1.29 is 19.8 Å². The number of aliphatic carboxylic acids is 1. The molecular formula is C10H11NO4. The van der Waals surface area contributed by atoms with Crippen LogP contribution in [0.5, 0.6) is 0 Å². The molecule has 0 saturated heterocycles. The molecule has 0 amide bonds. The average Bonchev–Trinajstić information content (AvgIpc) is 2.17. The minimum atomic E-state index is -2.41. The number of hydrogen-bond acceptors (Lipinski definition) is 4. The fourth-order valence-electron chi connectivity index (χ4n) is 1.01. The van der Waals surface area contributed by atoms with Crippen LogP contribution in [-0.4, -0.2) is 27.6 Å². The van der Waals surface area contributed by atoms with E-state index < -0.39 is 17.4 Å². The van der Waals surface area contributed by atoms with Gasteiger partial charge in [-0.2, -0.15) is 0 Å². The number of nitrogens with two attached hydrogens (primary N) is 1. The third-order valence-corrected chi connectivity index (χ3v) is 2.03. The van der Waals surface area contributed by atoms with Crippen LogP contribution < -0.4 is 5.73 Å². The first-order valence-electron chi connectivity index (χ1n) is 4.22. The van der Waals surface area contributed by atoms with Crippen molar-refractivity contribution >= 4 is 17.4 Å². The number of hydrogen-bond donors (Lipinski definition) is 3. The molecule has 0 bridgehead atoms. The summed E-state index contributed by atoms with van der Waals surface area (Å²) in [6.45, 7) is 0.939. The van der Waals surface area contributed by atoms with Crippen molar-refractivity contribution in [1.29, 1.82) is 0 Å². The van der Waals surface area contributed by atoms with Crippen LogP contribution in [0.3, 0.4) is 0 Å². The van der Waals surface area contributed by atoms with Crippen LogP contribution in [0.1, 0.15) is 17.3 Å². The monoisotopic (exact) mass is 209 g/mol. The minimum absolute atomic E-state index is 0.108. The summed E-state index contributed by atoms with van der Waals surface area (Å²) < 4.78 is 0. The summed E-state index contributed by atoms with van der Waals surface area (Å²) in [5.74, 6) is -2.45. The number of carbonyl (C=O) groups excluding carboxylic acids is 1. The molecule has 1 atom stereocenters. The van der Waals surface area contributed by atoms with E-state index in [2.05, 4.69) is 0 Å². The molecule has 4 N–H and O–H groups in total. The van der Waals surface area contributed by atoms with Crippen LogP contribution in [0.25, 0.3) is 0 Å². The maximum atomic E-state index is 11.5. The van der Waals surface area contributed by atoms with Gasteiger partial charge in [-0.05, 0) is 31.2 Å². The highest BCUT2D eigenvalue weighted by Gasteiger charge is 2.39. The number of nitrogen functional groups attached to an aromatic ring is 1. The molecule has 0 fully saturated rings. The van der Waals surface area contributed by atoms with Gasteiger partial charge in [0.1, 0.15) is 0 Å². The van der Waals surface area contributed by atoms with Gasteiger partial charge in [0.25, 0.3) is 0 Å². The van der Waals surface area contributed by atoms with Crippen molar-refractivity contribution in [3.05, 3.63) is 29.8 Å². The molecule has 0 aliphatic rings. The first-order chi connectivity index (χ1) is 6.85. The molecule has 1 aromatic carbocycles. The van der Waals surface area contributed by atoms with Crippen molar-refractivity contribution in [3.8, 4) is 0 Å². The zero-order chi connectivity index (χ0) is 11.6. The van der Waals surface area contributed by atoms with E-state index in [1.54, 1.807) is 0 Å². The summed E-state index contributed by atoms with van der Waals surface area (Å²) in [5, 5.41) is 18.0. The molecule has 1 aromatic rings. The van der Waals surface area contributed by atoms with Crippen LogP contribution in [0.4, 0.5) is 5.69 Å². The summed E-state index contributed by atoms with van der Waals surface area (Å²) in [6, 6.07) is 5.67. The lowest BCUT2D eigenvalue weighted by molar-refractivity contribution is -0.151. The van der Waals surface area contributed by atoms with Crippen molar-refractivity contribution in [2.75, 3.05) is 5.73 Å². The fraction of sp³-hybridized carbons (Fsp3) is 0.200. The summed E-state index contributed by atoms with van der Waals surface area (Å²) >= 11 is 0. The van der Waals surface area contributed by atoms with Gasteiger partial charge in [0.2, 0.25) is 11.4 Å². The van der Waals surface area contributed by atoms with E-state index in [1.165, 1.54) is 24.3 Å². The molecule has 0 aliphatic carbocycles. The molecule has 15 heavy (non-hydrogen) atoms. The Balaban J connectivity index is 3.05. The third-order valence-electron chi connectivity index (χ3n) is 2.03. The van der Waals surface area contributed by atoms with Crippen molar-refractivity contribution in [3.63, 3.8) is 0 Å². The Morgan fingerprint density at radius 3 is 2.13 bits per heavy atom. The number of benzene rings is 1. The molecule has 0 spiro atoms. The van der Waals surface area contributed by atoms with Crippen molar-refractivity contribution in [1.82, 2.24) is 0 Å². The van der Waals surface area contributed by atoms with E-state index in [9.17, 15) is 14.7 Å². The molecule has 0 heterocycles. The number of rotatable bonds is 3. The van der Waals surface area contributed by atoms with E-state index in [1.807, 2.05) is 0 Å². The summed E-state index contributed by atoms with van der Waals surface area (Å²) in [6.07, 6.45) is 0. The van der Waals surface area contributed by atoms with Crippen LogP contribution in [0.15, 0.2) is 24.3 Å². The van der Waals surface area contributed by atoms with Gasteiger partial charge in [0.05, 0.1) is 0 Å². The molecule has 0 saturated carbocycles. The molecule has 0 aromatic heterocycles. The molecule has 5 nitrogen and oxygen atoms in total. The number of ketones is 1. The molecule has 1 rings (SSSR count). The van der Waals surface area contributed by atoms with Crippen molar-refractivity contribution in [2.45, 2.75) is 12.5 Å². The van der Waals surface area contributed by atoms with E-state index in [-0.39, 0.29) is 5.56 Å². The Morgan fingerprint density at radius 2 is 1.73 bits per heavy atom. The van der Waals surface area contributed by atoms with Crippen molar-refractivity contribution in [2.24, 2.45) is 0 Å². The van der Waals surface area contributed by atoms with E-state index in [0.717, 1.165) is 6.92 Å². The van der Waals surface area contributed by atoms with Gasteiger partial charge in [-0.3, -0.25) is 4.79 Å².